The molecule has 1 amide bonds. The second kappa shape index (κ2) is 7.96. The Morgan fingerprint density at radius 1 is 1.00 bits per heavy atom. The predicted molar refractivity (Wildman–Crippen MR) is 101 cm³/mol. The van der Waals surface area contributed by atoms with Crippen molar-refractivity contribution in [2.45, 2.75) is 6.61 Å². The molecule has 1 aliphatic rings. The molecule has 0 unspecified atom stereocenters. The topological polar surface area (TPSA) is 79.2 Å². The van der Waals surface area contributed by atoms with Crippen LogP contribution in [0, 0.1) is 0 Å². The molecule has 0 aliphatic carbocycles. The van der Waals surface area contributed by atoms with Gasteiger partial charge in [-0.15, -0.1) is 0 Å². The maximum absolute atomic E-state index is 12.4. The van der Waals surface area contributed by atoms with Crippen LogP contribution in [0.3, 0.4) is 0 Å². The van der Waals surface area contributed by atoms with E-state index in [9.17, 15) is 4.79 Å². The third kappa shape index (κ3) is 3.88. The Bertz CT molecular complexity index is 981. The van der Waals surface area contributed by atoms with E-state index < -0.39 is 0 Å². The highest BCUT2D eigenvalue weighted by molar-refractivity contribution is 6.02. The quantitative estimate of drug-likeness (QED) is 0.698. The minimum atomic E-state index is -0.361. The van der Waals surface area contributed by atoms with Crippen LogP contribution in [0.15, 0.2) is 59.0 Å². The Morgan fingerprint density at radius 3 is 2.61 bits per heavy atom. The highest BCUT2D eigenvalue weighted by Crippen LogP contribution is 2.33. The zero-order chi connectivity index (χ0) is 19.3. The van der Waals surface area contributed by atoms with E-state index in [0.29, 0.717) is 47.7 Å². The molecule has 3 aromatic rings. The predicted octanol–water partition coefficient (Wildman–Crippen LogP) is 3.89. The average molecular weight is 381 g/mol. The summed E-state index contributed by atoms with van der Waals surface area (Å²) < 4.78 is 27.5. The largest absolute Gasteiger partial charge is 0.493 e. The maximum atomic E-state index is 12.4. The highest BCUT2D eigenvalue weighted by Gasteiger charge is 2.16. The average Bonchev–Trinajstić information content (AvgIpc) is 3.21. The lowest BCUT2D eigenvalue weighted by Gasteiger charge is -2.18. The molecule has 2 aromatic carbocycles. The molecule has 1 N–H and O–H groups in total. The Labute approximate surface area is 161 Å². The number of fused-ring (bicyclic) bond motifs is 1. The van der Waals surface area contributed by atoms with Gasteiger partial charge in [-0.25, -0.2) is 0 Å². The van der Waals surface area contributed by atoms with Crippen molar-refractivity contribution < 1.29 is 28.2 Å². The monoisotopic (exact) mass is 381 g/mol. The van der Waals surface area contributed by atoms with Crippen molar-refractivity contribution in [3.8, 4) is 23.0 Å². The lowest BCUT2D eigenvalue weighted by atomic mass is 10.2. The first-order chi connectivity index (χ1) is 13.7. The van der Waals surface area contributed by atoms with Crippen LogP contribution < -0.4 is 24.3 Å². The summed E-state index contributed by atoms with van der Waals surface area (Å²) in [7, 11) is 1.58. The van der Waals surface area contributed by atoms with E-state index in [4.69, 9.17) is 23.4 Å². The van der Waals surface area contributed by atoms with Gasteiger partial charge in [0.1, 0.15) is 25.6 Å². The van der Waals surface area contributed by atoms with E-state index in [0.717, 1.165) is 0 Å². The van der Waals surface area contributed by atoms with Crippen molar-refractivity contribution in [3.05, 3.63) is 66.1 Å². The normalized spacial score (nSPS) is 12.3. The number of para-hydroxylation sites is 2. The van der Waals surface area contributed by atoms with Gasteiger partial charge in [0, 0.05) is 11.8 Å². The van der Waals surface area contributed by atoms with Gasteiger partial charge in [0.15, 0.2) is 28.8 Å². The summed E-state index contributed by atoms with van der Waals surface area (Å²) in [5.41, 5.74) is 0.595. The zero-order valence-electron chi connectivity index (χ0n) is 15.3. The van der Waals surface area contributed by atoms with E-state index in [2.05, 4.69) is 5.32 Å². The number of ether oxygens (including phenoxy) is 4. The Morgan fingerprint density at radius 2 is 1.79 bits per heavy atom. The van der Waals surface area contributed by atoms with Crippen LogP contribution in [0.4, 0.5) is 5.69 Å². The van der Waals surface area contributed by atoms with Crippen LogP contribution in [-0.2, 0) is 6.61 Å². The summed E-state index contributed by atoms with van der Waals surface area (Å²) in [6, 6.07) is 15.9. The number of carbonyl (C=O) groups is 1. The molecule has 0 radical (unpaired) electrons. The molecule has 1 aliphatic heterocycles. The second-order valence-electron chi connectivity index (χ2n) is 6.02. The fraction of sp³-hybridized carbons (Fsp3) is 0.190. The summed E-state index contributed by atoms with van der Waals surface area (Å²) in [5, 5.41) is 2.78. The van der Waals surface area contributed by atoms with Gasteiger partial charge >= 0.3 is 0 Å². The number of furan rings is 1. The van der Waals surface area contributed by atoms with Crippen LogP contribution in [0.25, 0.3) is 0 Å². The lowest BCUT2D eigenvalue weighted by Crippen LogP contribution is -2.16. The van der Waals surface area contributed by atoms with Gasteiger partial charge in [-0.1, -0.05) is 12.1 Å². The molecule has 0 bridgehead atoms. The zero-order valence-corrected chi connectivity index (χ0v) is 15.3. The number of hydrogen-bond acceptors (Lipinski definition) is 6. The van der Waals surface area contributed by atoms with Crippen molar-refractivity contribution in [1.29, 1.82) is 0 Å². The molecule has 7 nitrogen and oxygen atoms in total. The number of nitrogens with one attached hydrogen (secondary N) is 1. The number of methoxy groups -OCH3 is 1. The third-order valence-electron chi connectivity index (χ3n) is 4.12. The van der Waals surface area contributed by atoms with Crippen LogP contribution in [0.1, 0.15) is 16.3 Å². The number of amides is 1. The van der Waals surface area contributed by atoms with Crippen molar-refractivity contribution in [2.75, 3.05) is 25.6 Å². The molecule has 4 rings (SSSR count). The van der Waals surface area contributed by atoms with Gasteiger partial charge in [-0.05, 0) is 36.4 Å². The van der Waals surface area contributed by atoms with Crippen LogP contribution >= 0.6 is 0 Å². The molecular formula is C21H19NO6. The summed E-state index contributed by atoms with van der Waals surface area (Å²) >= 11 is 0. The molecule has 0 saturated heterocycles. The van der Waals surface area contributed by atoms with E-state index >= 15 is 0 Å². The smallest absolute Gasteiger partial charge is 0.291 e. The lowest BCUT2D eigenvalue weighted by molar-refractivity contribution is 0.0992. The molecule has 0 saturated carbocycles. The van der Waals surface area contributed by atoms with Crippen molar-refractivity contribution >= 4 is 11.6 Å². The first-order valence-corrected chi connectivity index (χ1v) is 8.78. The summed E-state index contributed by atoms with van der Waals surface area (Å²) in [5.74, 6) is 2.86. The minimum absolute atomic E-state index is 0.178. The van der Waals surface area contributed by atoms with E-state index in [1.165, 1.54) is 0 Å². The van der Waals surface area contributed by atoms with Crippen molar-refractivity contribution in [3.63, 3.8) is 0 Å². The van der Waals surface area contributed by atoms with Crippen LogP contribution in [0.5, 0.6) is 23.0 Å². The summed E-state index contributed by atoms with van der Waals surface area (Å²) in [6.07, 6.45) is 0. The second-order valence-corrected chi connectivity index (χ2v) is 6.02. The van der Waals surface area contributed by atoms with Crippen molar-refractivity contribution in [1.82, 2.24) is 0 Å². The SMILES string of the molecule is COc1ccccc1OCc1ccc(C(=O)Nc2ccc3c(c2)OCCO3)o1. The van der Waals surface area contributed by atoms with Gasteiger partial charge in [0.05, 0.1) is 7.11 Å². The minimum Gasteiger partial charge on any atom is -0.493 e. The molecule has 0 spiro atoms. The van der Waals surface area contributed by atoms with E-state index in [1.54, 1.807) is 43.5 Å². The molecule has 28 heavy (non-hydrogen) atoms. The summed E-state index contributed by atoms with van der Waals surface area (Å²) in [4.78, 5) is 12.4. The molecule has 2 heterocycles. The van der Waals surface area contributed by atoms with Crippen LogP contribution in [0.2, 0.25) is 0 Å². The van der Waals surface area contributed by atoms with Gasteiger partial charge in [0.2, 0.25) is 0 Å². The molecule has 0 fully saturated rings. The van der Waals surface area contributed by atoms with Crippen molar-refractivity contribution in [2.24, 2.45) is 0 Å². The highest BCUT2D eigenvalue weighted by atomic mass is 16.6. The maximum Gasteiger partial charge on any atom is 0.291 e. The number of anilines is 1. The Hall–Kier alpha value is -3.61. The number of hydrogen-bond donors (Lipinski definition) is 1. The fourth-order valence-electron chi connectivity index (χ4n) is 2.78. The van der Waals surface area contributed by atoms with Gasteiger partial charge in [-0.3, -0.25) is 4.79 Å². The van der Waals surface area contributed by atoms with Gasteiger partial charge in [0.25, 0.3) is 5.91 Å². The Balaban J connectivity index is 1.39. The first-order valence-electron chi connectivity index (χ1n) is 8.78. The number of benzene rings is 2. The molecule has 144 valence electrons. The van der Waals surface area contributed by atoms with E-state index in [-0.39, 0.29) is 18.3 Å². The van der Waals surface area contributed by atoms with E-state index in [1.807, 2.05) is 18.2 Å². The number of carbonyl (C=O) groups excluding carboxylic acids is 1. The van der Waals surface area contributed by atoms with Crippen LogP contribution in [-0.4, -0.2) is 26.2 Å². The van der Waals surface area contributed by atoms with Gasteiger partial charge in [-0.2, -0.15) is 0 Å². The standard InChI is InChI=1S/C21H19NO6/c1-24-16-4-2-3-5-17(16)27-13-15-7-9-19(28-15)21(23)22-14-6-8-18-20(12-14)26-11-10-25-18/h2-9,12H,10-11,13H2,1H3,(H,22,23). The molecule has 7 heteroatoms. The fourth-order valence-corrected chi connectivity index (χ4v) is 2.78. The summed E-state index contributed by atoms with van der Waals surface area (Å²) in [6.45, 7) is 1.18. The Kier molecular flexibility index (Phi) is 5.05. The molecule has 0 atom stereocenters. The molecular weight excluding hydrogens is 362 g/mol. The molecule has 1 aromatic heterocycles. The number of rotatable bonds is 6. The third-order valence-corrected chi connectivity index (χ3v) is 4.12. The van der Waals surface area contributed by atoms with Gasteiger partial charge < -0.3 is 28.7 Å². The first kappa shape index (κ1) is 17.8.